The zero-order chi connectivity index (χ0) is 13.8. The molecule has 5 nitrogen and oxygen atoms in total. The van der Waals surface area contributed by atoms with E-state index in [0.29, 0.717) is 17.1 Å². The van der Waals surface area contributed by atoms with E-state index in [2.05, 4.69) is 10.3 Å². The quantitative estimate of drug-likeness (QED) is 0.871. The normalized spacial score (nSPS) is 12.6. The number of nitrogens with zero attached hydrogens (tertiary/aromatic N) is 2. The number of aliphatic hydroxyl groups excluding tert-OH is 1. The molecule has 0 bridgehead atoms. The molecule has 0 aliphatic rings. The smallest absolute Gasteiger partial charge is 0.226 e. The first-order valence-electron chi connectivity index (χ1n) is 6.15. The van der Waals surface area contributed by atoms with Crippen LogP contribution in [0, 0.1) is 0 Å². The van der Waals surface area contributed by atoms with E-state index < -0.39 is 0 Å². The van der Waals surface area contributed by atoms with Crippen LogP contribution in [0.3, 0.4) is 0 Å². The highest BCUT2D eigenvalue weighted by Crippen LogP contribution is 2.12. The van der Waals surface area contributed by atoms with Crippen molar-refractivity contribution < 1.29 is 9.90 Å². The largest absolute Gasteiger partial charge is 0.394 e. The van der Waals surface area contributed by atoms with Crippen LogP contribution in [0.4, 0.5) is 0 Å². The van der Waals surface area contributed by atoms with E-state index in [1.165, 1.54) is 0 Å². The molecule has 2 heterocycles. The summed E-state index contributed by atoms with van der Waals surface area (Å²) in [6.45, 7) is 1.86. The van der Waals surface area contributed by atoms with Crippen molar-refractivity contribution in [3.8, 4) is 0 Å². The van der Waals surface area contributed by atoms with Gasteiger partial charge in [-0.15, -0.1) is 0 Å². The molecule has 0 radical (unpaired) electrons. The second kappa shape index (κ2) is 6.04. The Balaban J connectivity index is 2.06. The second-order valence-electron chi connectivity index (χ2n) is 4.38. The van der Waals surface area contributed by atoms with Crippen molar-refractivity contribution in [2.45, 2.75) is 25.8 Å². The van der Waals surface area contributed by atoms with Crippen LogP contribution in [-0.4, -0.2) is 33.0 Å². The summed E-state index contributed by atoms with van der Waals surface area (Å²) in [5, 5.41) is 12.4. The highest BCUT2D eigenvalue weighted by atomic mass is 35.5. The fraction of sp³-hybridized carbons (Fsp3) is 0.385. The molecule has 0 aliphatic heterocycles. The first-order chi connectivity index (χ1) is 9.12. The van der Waals surface area contributed by atoms with E-state index >= 15 is 0 Å². The van der Waals surface area contributed by atoms with Crippen LogP contribution in [0.15, 0.2) is 24.5 Å². The number of imidazole rings is 1. The summed E-state index contributed by atoms with van der Waals surface area (Å²) in [4.78, 5) is 16.1. The highest BCUT2D eigenvalue weighted by Gasteiger charge is 2.11. The number of aromatic nitrogens is 2. The van der Waals surface area contributed by atoms with Crippen molar-refractivity contribution in [1.29, 1.82) is 0 Å². The lowest BCUT2D eigenvalue weighted by atomic mass is 10.2. The number of nitrogens with one attached hydrogen (secondary N) is 1. The molecular formula is C13H16ClN3O2. The molecule has 6 heteroatoms. The summed E-state index contributed by atoms with van der Waals surface area (Å²) >= 11 is 5.88. The van der Waals surface area contributed by atoms with E-state index in [9.17, 15) is 4.79 Å². The minimum absolute atomic E-state index is 0.0526. The molecule has 0 saturated carbocycles. The number of rotatable bonds is 5. The number of hydrogen-bond acceptors (Lipinski definition) is 3. The van der Waals surface area contributed by atoms with Crippen LogP contribution < -0.4 is 5.32 Å². The van der Waals surface area contributed by atoms with Crippen molar-refractivity contribution in [3.63, 3.8) is 0 Å². The van der Waals surface area contributed by atoms with Crippen molar-refractivity contribution in [1.82, 2.24) is 14.7 Å². The Morgan fingerprint density at radius 2 is 2.32 bits per heavy atom. The van der Waals surface area contributed by atoms with Crippen LogP contribution in [0.2, 0.25) is 5.02 Å². The average Bonchev–Trinajstić information content (AvgIpc) is 2.77. The predicted molar refractivity (Wildman–Crippen MR) is 73.2 cm³/mol. The van der Waals surface area contributed by atoms with Gasteiger partial charge in [0.05, 0.1) is 29.8 Å². The van der Waals surface area contributed by atoms with Gasteiger partial charge in [-0.2, -0.15) is 0 Å². The van der Waals surface area contributed by atoms with Crippen molar-refractivity contribution in [2.24, 2.45) is 0 Å². The molecule has 2 N–H and O–H groups in total. The Hall–Kier alpha value is -1.59. The molecule has 1 amide bonds. The number of pyridine rings is 1. The average molecular weight is 282 g/mol. The Labute approximate surface area is 116 Å². The van der Waals surface area contributed by atoms with E-state index in [0.717, 1.165) is 5.65 Å². The van der Waals surface area contributed by atoms with Crippen LogP contribution in [0.1, 0.15) is 19.0 Å². The first-order valence-corrected chi connectivity index (χ1v) is 6.53. The fourth-order valence-electron chi connectivity index (χ4n) is 1.82. The third-order valence-electron chi connectivity index (χ3n) is 2.88. The van der Waals surface area contributed by atoms with E-state index in [1.807, 2.05) is 6.92 Å². The number of carbonyl (C=O) groups excluding carboxylic acids is 1. The van der Waals surface area contributed by atoms with Gasteiger partial charge in [0.15, 0.2) is 0 Å². The van der Waals surface area contributed by atoms with Crippen LogP contribution in [-0.2, 0) is 11.2 Å². The lowest BCUT2D eigenvalue weighted by Gasteiger charge is -2.13. The van der Waals surface area contributed by atoms with Gasteiger partial charge in [0.2, 0.25) is 5.91 Å². The second-order valence-corrected chi connectivity index (χ2v) is 4.81. The van der Waals surface area contributed by atoms with E-state index in [1.54, 1.807) is 28.9 Å². The summed E-state index contributed by atoms with van der Waals surface area (Å²) < 4.78 is 1.79. The van der Waals surface area contributed by atoms with Crippen LogP contribution >= 0.6 is 11.6 Å². The van der Waals surface area contributed by atoms with Crippen molar-refractivity contribution >= 4 is 23.2 Å². The summed E-state index contributed by atoms with van der Waals surface area (Å²) in [6, 6.07) is 3.36. The van der Waals surface area contributed by atoms with Gasteiger partial charge in [0.25, 0.3) is 0 Å². The zero-order valence-electron chi connectivity index (χ0n) is 10.6. The number of amides is 1. The molecule has 19 heavy (non-hydrogen) atoms. The third-order valence-corrected chi connectivity index (χ3v) is 3.11. The van der Waals surface area contributed by atoms with Gasteiger partial charge in [0, 0.05) is 12.4 Å². The number of hydrogen-bond donors (Lipinski definition) is 2. The Morgan fingerprint density at radius 3 is 3.00 bits per heavy atom. The highest BCUT2D eigenvalue weighted by molar-refractivity contribution is 6.30. The van der Waals surface area contributed by atoms with Gasteiger partial charge < -0.3 is 14.8 Å². The maximum Gasteiger partial charge on any atom is 0.226 e. The van der Waals surface area contributed by atoms with Gasteiger partial charge in [-0.3, -0.25) is 4.79 Å². The Kier molecular flexibility index (Phi) is 4.39. The Morgan fingerprint density at radius 1 is 1.53 bits per heavy atom. The van der Waals surface area contributed by atoms with E-state index in [-0.39, 0.29) is 25.0 Å². The lowest BCUT2D eigenvalue weighted by Crippen LogP contribution is -2.37. The maximum atomic E-state index is 11.8. The van der Waals surface area contributed by atoms with E-state index in [4.69, 9.17) is 16.7 Å². The first kappa shape index (κ1) is 13.8. The zero-order valence-corrected chi connectivity index (χ0v) is 11.4. The maximum absolute atomic E-state index is 11.8. The SMILES string of the molecule is CCC(CO)NC(=O)Cc1cn2cc(Cl)ccc2n1. The number of fused-ring (bicyclic) bond motifs is 1. The molecule has 0 aromatic carbocycles. The summed E-state index contributed by atoms with van der Waals surface area (Å²) in [5.74, 6) is -0.143. The molecular weight excluding hydrogens is 266 g/mol. The summed E-state index contributed by atoms with van der Waals surface area (Å²) in [5.41, 5.74) is 1.42. The topological polar surface area (TPSA) is 66.6 Å². The van der Waals surface area contributed by atoms with Crippen molar-refractivity contribution in [3.05, 3.63) is 35.2 Å². The summed E-state index contributed by atoms with van der Waals surface area (Å²) in [7, 11) is 0. The molecule has 1 atom stereocenters. The molecule has 1 unspecified atom stereocenters. The third kappa shape index (κ3) is 3.45. The molecule has 102 valence electrons. The van der Waals surface area contributed by atoms with Gasteiger partial charge in [-0.25, -0.2) is 4.98 Å². The minimum Gasteiger partial charge on any atom is -0.394 e. The number of carbonyl (C=O) groups is 1. The molecule has 0 fully saturated rings. The van der Waals surface area contributed by atoms with Crippen molar-refractivity contribution in [2.75, 3.05) is 6.61 Å². The molecule has 2 rings (SSSR count). The predicted octanol–water partition coefficient (Wildman–Crippen LogP) is 1.42. The number of aliphatic hydroxyl groups is 1. The standard InChI is InChI=1S/C13H16ClN3O2/c1-2-10(8-18)16-13(19)5-11-7-17-6-9(14)3-4-12(17)15-11/h3-4,6-7,10,18H,2,5,8H2,1H3,(H,16,19). The van der Waals surface area contributed by atoms with Crippen LogP contribution in [0.25, 0.3) is 5.65 Å². The van der Waals surface area contributed by atoms with Crippen LogP contribution in [0.5, 0.6) is 0 Å². The Bertz CT molecular complexity index is 578. The number of halogens is 1. The molecule has 0 saturated heterocycles. The molecule has 2 aromatic rings. The van der Waals surface area contributed by atoms with Gasteiger partial charge in [-0.05, 0) is 18.6 Å². The van der Waals surface area contributed by atoms with Gasteiger partial charge >= 0.3 is 0 Å². The molecule has 0 spiro atoms. The van der Waals surface area contributed by atoms with Gasteiger partial charge in [0.1, 0.15) is 5.65 Å². The molecule has 0 aliphatic carbocycles. The van der Waals surface area contributed by atoms with Gasteiger partial charge in [-0.1, -0.05) is 18.5 Å². The summed E-state index contributed by atoms with van der Waals surface area (Å²) in [6.07, 6.45) is 4.41. The molecule has 2 aromatic heterocycles. The minimum atomic E-state index is -0.195. The monoisotopic (exact) mass is 281 g/mol. The lowest BCUT2D eigenvalue weighted by molar-refractivity contribution is -0.121. The fourth-order valence-corrected chi connectivity index (χ4v) is 1.99.